The average Bonchev–Trinajstić information content (AvgIpc) is 2.75. The molecule has 0 aromatic heterocycles. The van der Waals surface area contributed by atoms with E-state index in [2.05, 4.69) is 0 Å². The van der Waals surface area contributed by atoms with E-state index in [1.165, 1.54) is 23.1 Å². The molecule has 2 rings (SSSR count). The molecule has 19 heavy (non-hydrogen) atoms. The van der Waals surface area contributed by atoms with Crippen LogP contribution in [0.1, 0.15) is 36.0 Å². The predicted molar refractivity (Wildman–Crippen MR) is 70.1 cm³/mol. The summed E-state index contributed by atoms with van der Waals surface area (Å²) in [6.07, 6.45) is 3.27. The zero-order chi connectivity index (χ0) is 14.0. The third-order valence-corrected chi connectivity index (χ3v) is 3.65. The van der Waals surface area contributed by atoms with Crippen molar-refractivity contribution in [2.75, 3.05) is 13.6 Å². The van der Waals surface area contributed by atoms with Crippen molar-refractivity contribution in [3.63, 3.8) is 0 Å². The van der Waals surface area contributed by atoms with Crippen molar-refractivity contribution in [3.05, 3.63) is 23.8 Å². The Labute approximate surface area is 112 Å². The van der Waals surface area contributed by atoms with Gasteiger partial charge in [0.05, 0.1) is 5.60 Å². The third-order valence-electron chi connectivity index (χ3n) is 3.65. The highest BCUT2D eigenvalue weighted by Crippen LogP contribution is 2.32. The summed E-state index contributed by atoms with van der Waals surface area (Å²) < 4.78 is 0. The van der Waals surface area contributed by atoms with Crippen LogP contribution in [-0.2, 0) is 0 Å². The monoisotopic (exact) mass is 265 g/mol. The van der Waals surface area contributed by atoms with E-state index in [1.54, 1.807) is 7.05 Å². The van der Waals surface area contributed by atoms with Crippen LogP contribution in [0.15, 0.2) is 18.2 Å². The van der Waals surface area contributed by atoms with Gasteiger partial charge >= 0.3 is 0 Å². The van der Waals surface area contributed by atoms with Gasteiger partial charge in [-0.25, -0.2) is 0 Å². The van der Waals surface area contributed by atoms with Crippen LogP contribution >= 0.6 is 0 Å². The number of likely N-dealkylation sites (N-methyl/N-ethyl adjacent to an activating group) is 1. The van der Waals surface area contributed by atoms with Gasteiger partial charge in [-0.1, -0.05) is 18.9 Å². The first-order valence-corrected chi connectivity index (χ1v) is 6.42. The average molecular weight is 265 g/mol. The van der Waals surface area contributed by atoms with E-state index >= 15 is 0 Å². The van der Waals surface area contributed by atoms with Gasteiger partial charge in [0.25, 0.3) is 5.91 Å². The van der Waals surface area contributed by atoms with Crippen LogP contribution in [0.25, 0.3) is 0 Å². The molecule has 1 aromatic carbocycles. The number of amides is 1. The second-order valence-corrected chi connectivity index (χ2v) is 5.26. The second-order valence-electron chi connectivity index (χ2n) is 5.26. The number of carbonyl (C=O) groups excluding carboxylic acids is 1. The topological polar surface area (TPSA) is 81.0 Å². The molecule has 0 spiro atoms. The minimum Gasteiger partial charge on any atom is -0.507 e. The number of hydrogen-bond donors (Lipinski definition) is 3. The largest absolute Gasteiger partial charge is 0.507 e. The van der Waals surface area contributed by atoms with Crippen molar-refractivity contribution in [2.45, 2.75) is 31.3 Å². The van der Waals surface area contributed by atoms with E-state index in [0.717, 1.165) is 12.8 Å². The van der Waals surface area contributed by atoms with Gasteiger partial charge in [-0.3, -0.25) is 4.79 Å². The van der Waals surface area contributed by atoms with E-state index in [1.807, 2.05) is 0 Å². The van der Waals surface area contributed by atoms with Gasteiger partial charge in [0.1, 0.15) is 17.1 Å². The molecule has 1 aromatic rings. The normalized spacial score (nSPS) is 17.4. The Hall–Kier alpha value is -1.75. The lowest BCUT2D eigenvalue weighted by Gasteiger charge is -2.28. The number of benzene rings is 1. The Morgan fingerprint density at radius 3 is 2.32 bits per heavy atom. The number of nitrogens with zero attached hydrogens (tertiary/aromatic N) is 1. The maximum Gasteiger partial charge on any atom is 0.261 e. The molecule has 0 radical (unpaired) electrons. The summed E-state index contributed by atoms with van der Waals surface area (Å²) in [5.74, 6) is -0.999. The molecule has 0 saturated heterocycles. The summed E-state index contributed by atoms with van der Waals surface area (Å²) in [4.78, 5) is 13.6. The Bertz CT molecular complexity index is 460. The zero-order valence-electron chi connectivity index (χ0n) is 11.0. The first-order valence-electron chi connectivity index (χ1n) is 6.42. The molecule has 5 heteroatoms. The highest BCUT2D eigenvalue weighted by molar-refractivity contribution is 5.99. The summed E-state index contributed by atoms with van der Waals surface area (Å²) in [5, 5.41) is 29.6. The molecule has 0 bridgehead atoms. The van der Waals surface area contributed by atoms with Gasteiger partial charge in [-0.2, -0.15) is 0 Å². The highest BCUT2D eigenvalue weighted by Gasteiger charge is 2.34. The maximum absolute atomic E-state index is 12.2. The van der Waals surface area contributed by atoms with Gasteiger partial charge in [0.15, 0.2) is 0 Å². The maximum atomic E-state index is 12.2. The number of phenols is 2. The van der Waals surface area contributed by atoms with Crippen molar-refractivity contribution < 1.29 is 20.1 Å². The van der Waals surface area contributed by atoms with Crippen molar-refractivity contribution in [2.24, 2.45) is 0 Å². The summed E-state index contributed by atoms with van der Waals surface area (Å²) in [7, 11) is 1.56. The molecular formula is C14H19NO4. The third kappa shape index (κ3) is 2.81. The molecular weight excluding hydrogens is 246 g/mol. The van der Waals surface area contributed by atoms with Gasteiger partial charge in [0, 0.05) is 13.6 Å². The lowest BCUT2D eigenvalue weighted by Crippen LogP contribution is -2.42. The van der Waals surface area contributed by atoms with Crippen LogP contribution in [0.5, 0.6) is 11.5 Å². The van der Waals surface area contributed by atoms with E-state index in [0.29, 0.717) is 12.8 Å². The van der Waals surface area contributed by atoms with E-state index < -0.39 is 11.5 Å². The second kappa shape index (κ2) is 5.09. The minimum absolute atomic E-state index is 0.119. The quantitative estimate of drug-likeness (QED) is 0.773. The Morgan fingerprint density at radius 1 is 1.26 bits per heavy atom. The van der Waals surface area contributed by atoms with Crippen LogP contribution < -0.4 is 0 Å². The number of hydrogen-bond acceptors (Lipinski definition) is 4. The number of rotatable bonds is 3. The summed E-state index contributed by atoms with van der Waals surface area (Å²) >= 11 is 0. The van der Waals surface area contributed by atoms with E-state index in [-0.39, 0.29) is 23.6 Å². The molecule has 1 amide bonds. The first kappa shape index (κ1) is 13.7. The number of aliphatic hydroxyl groups is 1. The van der Waals surface area contributed by atoms with Crippen LogP contribution in [0.2, 0.25) is 0 Å². The fraction of sp³-hybridized carbons (Fsp3) is 0.500. The molecule has 0 heterocycles. The van der Waals surface area contributed by atoms with Gasteiger partial charge in [0.2, 0.25) is 0 Å². The lowest BCUT2D eigenvalue weighted by molar-refractivity contribution is 0.0154. The Balaban J connectivity index is 2.15. The van der Waals surface area contributed by atoms with Crippen molar-refractivity contribution >= 4 is 5.91 Å². The SMILES string of the molecule is CN(CC1(O)CCCC1)C(=O)c1c(O)cccc1O. The van der Waals surface area contributed by atoms with Gasteiger partial charge in [-0.05, 0) is 25.0 Å². The lowest BCUT2D eigenvalue weighted by atomic mass is 10.0. The number of carbonyl (C=O) groups is 1. The van der Waals surface area contributed by atoms with Gasteiger partial charge < -0.3 is 20.2 Å². The van der Waals surface area contributed by atoms with Crippen LogP contribution in [0.3, 0.4) is 0 Å². The fourth-order valence-electron chi connectivity index (χ4n) is 2.64. The Morgan fingerprint density at radius 2 is 1.79 bits per heavy atom. The molecule has 1 saturated carbocycles. The minimum atomic E-state index is -0.843. The number of phenolic OH excluding ortho intramolecular Hbond substituents is 2. The smallest absolute Gasteiger partial charge is 0.261 e. The fourth-order valence-corrected chi connectivity index (χ4v) is 2.64. The van der Waals surface area contributed by atoms with Crippen molar-refractivity contribution in [1.82, 2.24) is 4.90 Å². The first-order chi connectivity index (χ1) is 8.93. The molecule has 0 unspecified atom stereocenters. The molecule has 3 N–H and O–H groups in total. The van der Waals surface area contributed by atoms with Crippen LogP contribution in [0.4, 0.5) is 0 Å². The Kier molecular flexibility index (Phi) is 3.66. The predicted octanol–water partition coefficient (Wildman–Crippen LogP) is 1.47. The highest BCUT2D eigenvalue weighted by atomic mass is 16.3. The summed E-state index contributed by atoms with van der Waals surface area (Å²) in [6.45, 7) is 0.208. The summed E-state index contributed by atoms with van der Waals surface area (Å²) in [5.41, 5.74) is -0.962. The van der Waals surface area contributed by atoms with Crippen molar-refractivity contribution in [1.29, 1.82) is 0 Å². The molecule has 0 atom stereocenters. The molecule has 1 fully saturated rings. The molecule has 1 aliphatic carbocycles. The van der Waals surface area contributed by atoms with Gasteiger partial charge in [-0.15, -0.1) is 0 Å². The van der Waals surface area contributed by atoms with Crippen LogP contribution in [0, 0.1) is 0 Å². The molecule has 104 valence electrons. The molecule has 1 aliphatic rings. The molecule has 5 nitrogen and oxygen atoms in total. The van der Waals surface area contributed by atoms with E-state index in [9.17, 15) is 20.1 Å². The standard InChI is InChI=1S/C14H19NO4/c1-15(9-14(19)7-2-3-8-14)13(18)12-10(16)5-4-6-11(12)17/h4-6,16-17,19H,2-3,7-9H2,1H3. The van der Waals surface area contributed by atoms with E-state index in [4.69, 9.17) is 0 Å². The molecule has 0 aliphatic heterocycles. The zero-order valence-corrected chi connectivity index (χ0v) is 11.0. The number of aromatic hydroxyl groups is 2. The summed E-state index contributed by atoms with van der Waals surface area (Å²) in [6, 6.07) is 4.17. The van der Waals surface area contributed by atoms with Crippen molar-refractivity contribution in [3.8, 4) is 11.5 Å². The van der Waals surface area contributed by atoms with Crippen LogP contribution in [-0.4, -0.2) is 45.3 Å².